The number of quaternary nitrogens is 1. The molecule has 2 aliphatic rings. The molecule has 0 aliphatic heterocycles. The predicted octanol–water partition coefficient (Wildman–Crippen LogP) is 1.78. The fourth-order valence-corrected chi connectivity index (χ4v) is 5.31. The predicted molar refractivity (Wildman–Crippen MR) is 108 cm³/mol. The number of ether oxygens (including phenoxy) is 1. The average Bonchev–Trinajstić information content (AvgIpc) is 3.21. The second-order valence-corrected chi connectivity index (χ2v) is 8.82. The van der Waals surface area contributed by atoms with Gasteiger partial charge in [0.1, 0.15) is 6.10 Å². The van der Waals surface area contributed by atoms with Crippen molar-refractivity contribution in [2.75, 3.05) is 26.5 Å². The molecular formula is C23H29IN2O2. The highest BCUT2D eigenvalue weighted by atomic mass is 127. The lowest BCUT2D eigenvalue weighted by atomic mass is 9.98. The van der Waals surface area contributed by atoms with Crippen molar-refractivity contribution in [3.05, 3.63) is 54.6 Å². The van der Waals surface area contributed by atoms with Crippen molar-refractivity contribution in [1.29, 1.82) is 0 Å². The lowest BCUT2D eigenvalue weighted by molar-refractivity contribution is -0.900. The summed E-state index contributed by atoms with van der Waals surface area (Å²) in [6.45, 7) is 0. The van der Waals surface area contributed by atoms with Crippen LogP contribution in [0.1, 0.15) is 19.3 Å². The van der Waals surface area contributed by atoms with Crippen molar-refractivity contribution in [1.82, 2.24) is 0 Å². The zero-order valence-corrected chi connectivity index (χ0v) is 18.9. The molecule has 150 valence electrons. The van der Waals surface area contributed by atoms with Gasteiger partial charge in [0.2, 0.25) is 0 Å². The summed E-state index contributed by atoms with van der Waals surface area (Å²) < 4.78 is 6.86. The fraction of sp³-hybridized carbons (Fsp3) is 0.435. The average molecular weight is 492 g/mol. The standard InChI is InChI=1S/C23H28N2O2.HI/c1-25(2,3)22-17-13-14-19(22)21(15-17)27-23(26)24-20-12-8-7-11-18(20)16-9-5-4-6-10-16;/h4-12,17,19,21-22H,13-15H2,1-3H3;1H. The van der Waals surface area contributed by atoms with Gasteiger partial charge in [-0.3, -0.25) is 5.32 Å². The van der Waals surface area contributed by atoms with Gasteiger partial charge in [-0.05, 0) is 30.9 Å². The quantitative estimate of drug-likeness (QED) is 0.522. The first-order chi connectivity index (χ1) is 12.9. The van der Waals surface area contributed by atoms with Gasteiger partial charge in [0, 0.05) is 17.4 Å². The van der Waals surface area contributed by atoms with Crippen LogP contribution in [0.15, 0.2) is 54.6 Å². The summed E-state index contributed by atoms with van der Waals surface area (Å²) in [7, 11) is 6.78. The Balaban J connectivity index is 0.00000225. The van der Waals surface area contributed by atoms with E-state index in [0.717, 1.165) is 27.7 Å². The van der Waals surface area contributed by atoms with E-state index >= 15 is 0 Å². The third-order valence-corrected chi connectivity index (χ3v) is 6.21. The molecule has 2 saturated carbocycles. The number of nitrogens with one attached hydrogen (secondary N) is 1. The smallest absolute Gasteiger partial charge is 0.411 e. The van der Waals surface area contributed by atoms with Crippen LogP contribution in [0.4, 0.5) is 10.5 Å². The van der Waals surface area contributed by atoms with Crippen molar-refractivity contribution in [3.8, 4) is 11.1 Å². The number of hydrogen-bond donors (Lipinski definition) is 1. The molecule has 0 aromatic heterocycles. The largest absolute Gasteiger partial charge is 1.00 e. The van der Waals surface area contributed by atoms with Crippen LogP contribution in [-0.4, -0.2) is 43.9 Å². The third kappa shape index (κ3) is 4.20. The molecule has 2 fully saturated rings. The number of rotatable bonds is 4. The first-order valence-electron chi connectivity index (χ1n) is 9.86. The van der Waals surface area contributed by atoms with Gasteiger partial charge >= 0.3 is 6.09 Å². The monoisotopic (exact) mass is 492 g/mol. The number of para-hydroxylation sites is 1. The fourth-order valence-electron chi connectivity index (χ4n) is 5.31. The second kappa shape index (κ2) is 8.41. The number of fused-ring (bicyclic) bond motifs is 2. The normalized spacial score (nSPS) is 25.8. The summed E-state index contributed by atoms with van der Waals surface area (Å²) in [4.78, 5) is 12.6. The summed E-state index contributed by atoms with van der Waals surface area (Å²) in [5, 5.41) is 2.98. The van der Waals surface area contributed by atoms with E-state index in [0.29, 0.717) is 17.9 Å². The van der Waals surface area contributed by atoms with Crippen LogP contribution in [0.3, 0.4) is 0 Å². The topological polar surface area (TPSA) is 38.3 Å². The van der Waals surface area contributed by atoms with Crippen molar-refractivity contribution in [3.63, 3.8) is 0 Å². The molecular weight excluding hydrogens is 463 g/mol. The van der Waals surface area contributed by atoms with E-state index in [1.807, 2.05) is 54.6 Å². The van der Waals surface area contributed by atoms with E-state index in [1.165, 1.54) is 12.8 Å². The first kappa shape index (κ1) is 21.1. The number of carbonyl (C=O) groups is 1. The second-order valence-electron chi connectivity index (χ2n) is 8.82. The molecule has 0 saturated heterocycles. The molecule has 4 atom stereocenters. The summed E-state index contributed by atoms with van der Waals surface area (Å²) in [6.07, 6.45) is 3.14. The van der Waals surface area contributed by atoms with E-state index < -0.39 is 0 Å². The van der Waals surface area contributed by atoms with Gasteiger partial charge in [-0.15, -0.1) is 0 Å². The molecule has 4 rings (SSSR count). The van der Waals surface area contributed by atoms with E-state index in [2.05, 4.69) is 26.5 Å². The highest BCUT2D eigenvalue weighted by Gasteiger charge is 2.55. The molecule has 2 aromatic carbocycles. The molecule has 4 nitrogen and oxygen atoms in total. The van der Waals surface area contributed by atoms with E-state index in [1.54, 1.807) is 0 Å². The Morgan fingerprint density at radius 2 is 1.68 bits per heavy atom. The molecule has 2 aromatic rings. The van der Waals surface area contributed by atoms with Crippen LogP contribution in [-0.2, 0) is 4.74 Å². The maximum atomic E-state index is 12.6. The van der Waals surface area contributed by atoms with E-state index in [4.69, 9.17) is 4.74 Å². The number of amides is 1. The molecule has 2 aliphatic carbocycles. The maximum absolute atomic E-state index is 12.6. The van der Waals surface area contributed by atoms with Crippen molar-refractivity contribution >= 4 is 11.8 Å². The minimum Gasteiger partial charge on any atom is -1.00 e. The first-order valence-corrected chi connectivity index (χ1v) is 9.86. The summed E-state index contributed by atoms with van der Waals surface area (Å²) in [5.74, 6) is 1.15. The lowest BCUT2D eigenvalue weighted by Gasteiger charge is -2.35. The summed E-state index contributed by atoms with van der Waals surface area (Å²) in [5.41, 5.74) is 2.88. The zero-order valence-electron chi connectivity index (χ0n) is 16.8. The van der Waals surface area contributed by atoms with Gasteiger partial charge in [0.15, 0.2) is 0 Å². The van der Waals surface area contributed by atoms with Crippen LogP contribution >= 0.6 is 0 Å². The molecule has 0 spiro atoms. The molecule has 4 unspecified atom stereocenters. The molecule has 28 heavy (non-hydrogen) atoms. The Kier molecular flexibility index (Phi) is 6.34. The Bertz CT molecular complexity index is 819. The van der Waals surface area contributed by atoms with Crippen LogP contribution in [0.5, 0.6) is 0 Å². The lowest BCUT2D eigenvalue weighted by Crippen LogP contribution is -3.00. The molecule has 0 radical (unpaired) electrons. The van der Waals surface area contributed by atoms with Crippen LogP contribution in [0, 0.1) is 11.8 Å². The number of carbonyl (C=O) groups excluding carboxylic acids is 1. The van der Waals surface area contributed by atoms with E-state index in [-0.39, 0.29) is 36.2 Å². The highest BCUT2D eigenvalue weighted by Crippen LogP contribution is 2.49. The van der Waals surface area contributed by atoms with Crippen LogP contribution < -0.4 is 29.3 Å². The van der Waals surface area contributed by atoms with Crippen LogP contribution in [0.25, 0.3) is 11.1 Å². The number of nitrogens with zero attached hydrogens (tertiary/aromatic N) is 1. The van der Waals surface area contributed by atoms with Gasteiger partial charge in [0.25, 0.3) is 0 Å². The SMILES string of the molecule is C[N+](C)(C)C1C2CCC1C(OC(=O)Nc1ccccc1-c1ccccc1)C2.[I-]. The molecule has 2 bridgehead atoms. The van der Waals surface area contributed by atoms with Crippen LogP contribution in [0.2, 0.25) is 0 Å². The molecule has 5 heteroatoms. The number of halogens is 1. The zero-order chi connectivity index (χ0) is 19.0. The van der Waals surface area contributed by atoms with Crippen molar-refractivity contribution < 1.29 is 38.0 Å². The van der Waals surface area contributed by atoms with Crippen molar-refractivity contribution in [2.45, 2.75) is 31.4 Å². The summed E-state index contributed by atoms with van der Waals surface area (Å²) in [6, 6.07) is 18.6. The van der Waals surface area contributed by atoms with E-state index in [9.17, 15) is 4.79 Å². The number of anilines is 1. The molecule has 1 N–H and O–H groups in total. The number of benzene rings is 2. The minimum absolute atomic E-state index is 0. The molecule has 1 amide bonds. The van der Waals surface area contributed by atoms with Gasteiger partial charge in [0.05, 0.1) is 32.9 Å². The highest BCUT2D eigenvalue weighted by molar-refractivity contribution is 5.91. The van der Waals surface area contributed by atoms with Gasteiger partial charge in [-0.2, -0.15) is 0 Å². The summed E-state index contributed by atoms with van der Waals surface area (Å²) >= 11 is 0. The van der Waals surface area contributed by atoms with Gasteiger partial charge in [-0.25, -0.2) is 4.79 Å². The number of hydrogen-bond acceptors (Lipinski definition) is 2. The Hall–Kier alpha value is -1.60. The van der Waals surface area contributed by atoms with Crippen molar-refractivity contribution in [2.24, 2.45) is 11.8 Å². The Labute approximate surface area is 184 Å². The Morgan fingerprint density at radius 1 is 1.00 bits per heavy atom. The van der Waals surface area contributed by atoms with Gasteiger partial charge in [-0.1, -0.05) is 48.5 Å². The molecule has 0 heterocycles. The van der Waals surface area contributed by atoms with Gasteiger partial charge < -0.3 is 33.2 Å². The third-order valence-electron chi connectivity index (χ3n) is 6.21. The maximum Gasteiger partial charge on any atom is 0.411 e. The minimum atomic E-state index is -0.337. The Morgan fingerprint density at radius 3 is 2.36 bits per heavy atom.